The van der Waals surface area contributed by atoms with E-state index in [4.69, 9.17) is 11.6 Å². The molecular weight excluding hydrogens is 279 g/mol. The highest BCUT2D eigenvalue weighted by atomic mass is 35.5. The molecule has 0 spiro atoms. The normalized spacial score (nSPS) is 10.9. The fraction of sp³-hybridized carbons (Fsp3) is 0.467. The molecule has 1 aromatic carbocycles. The Bertz CT molecular complexity index is 499. The number of carbonyl (C=O) groups excluding carboxylic acids is 1. The van der Waals surface area contributed by atoms with Crippen LogP contribution in [0.1, 0.15) is 39.5 Å². The van der Waals surface area contributed by atoms with Gasteiger partial charge in [0.1, 0.15) is 11.2 Å². The maximum Gasteiger partial charge on any atom is 0.244 e. The monoisotopic (exact) mass is 296 g/mol. The zero-order valence-corrected chi connectivity index (χ0v) is 12.4. The van der Waals surface area contributed by atoms with Gasteiger partial charge in [-0.2, -0.15) is 5.26 Å². The quantitative estimate of drug-likeness (QED) is 0.838. The SMILES string of the molecule is CCCC(C#N)(CCC)C(=O)Nc1cc(F)cc(Cl)c1. The molecule has 1 rings (SSSR count). The first-order valence-corrected chi connectivity index (χ1v) is 7.04. The van der Waals surface area contributed by atoms with E-state index in [1.54, 1.807) is 0 Å². The summed E-state index contributed by atoms with van der Waals surface area (Å²) in [4.78, 5) is 12.4. The van der Waals surface area contributed by atoms with Crippen molar-refractivity contribution in [3.63, 3.8) is 0 Å². The van der Waals surface area contributed by atoms with Gasteiger partial charge in [0.25, 0.3) is 0 Å². The van der Waals surface area contributed by atoms with Gasteiger partial charge in [0, 0.05) is 10.7 Å². The Morgan fingerprint density at radius 1 is 1.35 bits per heavy atom. The maximum absolute atomic E-state index is 13.3. The minimum Gasteiger partial charge on any atom is -0.325 e. The molecule has 0 bridgehead atoms. The minimum absolute atomic E-state index is 0.203. The number of amides is 1. The summed E-state index contributed by atoms with van der Waals surface area (Å²) in [6.45, 7) is 3.85. The van der Waals surface area contributed by atoms with E-state index < -0.39 is 17.1 Å². The van der Waals surface area contributed by atoms with Crippen molar-refractivity contribution in [1.29, 1.82) is 5.26 Å². The van der Waals surface area contributed by atoms with E-state index in [-0.39, 0.29) is 10.7 Å². The van der Waals surface area contributed by atoms with Crippen LogP contribution in [0.2, 0.25) is 5.02 Å². The highest BCUT2D eigenvalue weighted by Gasteiger charge is 2.37. The summed E-state index contributed by atoms with van der Waals surface area (Å²) in [6, 6.07) is 5.93. The van der Waals surface area contributed by atoms with Gasteiger partial charge in [-0.25, -0.2) is 4.39 Å². The first kappa shape index (κ1) is 16.5. The lowest BCUT2D eigenvalue weighted by Gasteiger charge is -2.24. The Morgan fingerprint density at radius 3 is 2.40 bits per heavy atom. The van der Waals surface area contributed by atoms with Crippen molar-refractivity contribution in [2.75, 3.05) is 5.32 Å². The van der Waals surface area contributed by atoms with Gasteiger partial charge in [0.2, 0.25) is 5.91 Å². The number of hydrogen-bond donors (Lipinski definition) is 1. The Balaban J connectivity index is 2.99. The number of rotatable bonds is 6. The highest BCUT2D eigenvalue weighted by molar-refractivity contribution is 6.30. The van der Waals surface area contributed by atoms with Crippen LogP contribution < -0.4 is 5.32 Å². The molecule has 0 atom stereocenters. The number of hydrogen-bond acceptors (Lipinski definition) is 2. The van der Waals surface area contributed by atoms with Gasteiger partial charge < -0.3 is 5.32 Å². The Morgan fingerprint density at radius 2 is 1.95 bits per heavy atom. The lowest BCUT2D eigenvalue weighted by Crippen LogP contribution is -2.35. The molecular formula is C15H18ClFN2O. The second kappa shape index (κ2) is 7.25. The van der Waals surface area contributed by atoms with Crippen molar-refractivity contribution in [3.8, 4) is 6.07 Å². The van der Waals surface area contributed by atoms with E-state index in [2.05, 4.69) is 11.4 Å². The van der Waals surface area contributed by atoms with E-state index in [9.17, 15) is 14.4 Å². The molecule has 0 unspecified atom stereocenters. The number of nitriles is 1. The Labute approximate surface area is 123 Å². The molecule has 0 heterocycles. The second-order valence-electron chi connectivity index (χ2n) is 4.81. The van der Waals surface area contributed by atoms with Crippen molar-refractivity contribution in [2.24, 2.45) is 5.41 Å². The number of halogens is 2. The van der Waals surface area contributed by atoms with Crippen molar-refractivity contribution in [1.82, 2.24) is 0 Å². The molecule has 0 saturated carbocycles. The first-order valence-electron chi connectivity index (χ1n) is 6.66. The largest absolute Gasteiger partial charge is 0.325 e. The number of anilines is 1. The molecule has 1 amide bonds. The second-order valence-corrected chi connectivity index (χ2v) is 5.24. The van der Waals surface area contributed by atoms with Crippen LogP contribution in [0.4, 0.5) is 10.1 Å². The molecule has 0 aliphatic carbocycles. The molecule has 0 aliphatic heterocycles. The van der Waals surface area contributed by atoms with Gasteiger partial charge in [-0.15, -0.1) is 0 Å². The average molecular weight is 297 g/mol. The van der Waals surface area contributed by atoms with Gasteiger partial charge in [-0.3, -0.25) is 4.79 Å². The lowest BCUT2D eigenvalue weighted by molar-refractivity contribution is -0.123. The fourth-order valence-corrected chi connectivity index (χ4v) is 2.47. The van der Waals surface area contributed by atoms with Gasteiger partial charge in [-0.05, 0) is 31.0 Å². The lowest BCUT2D eigenvalue weighted by atomic mass is 9.79. The highest BCUT2D eigenvalue weighted by Crippen LogP contribution is 2.31. The Hall–Kier alpha value is -1.60. The summed E-state index contributed by atoms with van der Waals surface area (Å²) < 4.78 is 13.3. The summed E-state index contributed by atoms with van der Waals surface area (Å²) in [5.41, 5.74) is -0.797. The van der Waals surface area contributed by atoms with E-state index >= 15 is 0 Å². The Kier molecular flexibility index (Phi) is 5.97. The van der Waals surface area contributed by atoms with Gasteiger partial charge in [-0.1, -0.05) is 38.3 Å². The van der Waals surface area contributed by atoms with Crippen molar-refractivity contribution in [3.05, 3.63) is 29.0 Å². The summed E-state index contributed by atoms with van der Waals surface area (Å²) >= 11 is 5.75. The van der Waals surface area contributed by atoms with Crippen LogP contribution in [0, 0.1) is 22.6 Å². The van der Waals surface area contributed by atoms with Crippen LogP contribution in [0.3, 0.4) is 0 Å². The summed E-state index contributed by atoms with van der Waals surface area (Å²) in [5.74, 6) is -0.924. The van der Waals surface area contributed by atoms with E-state index in [1.807, 2.05) is 13.8 Å². The molecule has 20 heavy (non-hydrogen) atoms. The molecule has 5 heteroatoms. The zero-order chi connectivity index (χ0) is 15.2. The minimum atomic E-state index is -1.07. The zero-order valence-electron chi connectivity index (χ0n) is 11.7. The molecule has 3 nitrogen and oxygen atoms in total. The van der Waals surface area contributed by atoms with Crippen molar-refractivity contribution in [2.45, 2.75) is 39.5 Å². The first-order chi connectivity index (χ1) is 9.47. The average Bonchev–Trinajstić information content (AvgIpc) is 2.36. The summed E-state index contributed by atoms with van der Waals surface area (Å²) in [7, 11) is 0. The van der Waals surface area contributed by atoms with Crippen LogP contribution in [0.25, 0.3) is 0 Å². The third kappa shape index (κ3) is 3.94. The topological polar surface area (TPSA) is 52.9 Å². The number of nitrogens with one attached hydrogen (secondary N) is 1. The van der Waals surface area contributed by atoms with Crippen molar-refractivity contribution < 1.29 is 9.18 Å². The van der Waals surface area contributed by atoms with Crippen LogP contribution >= 0.6 is 11.6 Å². The maximum atomic E-state index is 13.3. The number of nitrogens with zero attached hydrogens (tertiary/aromatic N) is 1. The van der Waals surface area contributed by atoms with Crippen molar-refractivity contribution >= 4 is 23.2 Å². The molecule has 1 aromatic rings. The smallest absolute Gasteiger partial charge is 0.244 e. The predicted molar refractivity (Wildman–Crippen MR) is 77.9 cm³/mol. The molecule has 0 aromatic heterocycles. The molecule has 0 saturated heterocycles. The van der Waals surface area contributed by atoms with Crippen LogP contribution in [-0.4, -0.2) is 5.91 Å². The molecule has 0 fully saturated rings. The van der Waals surface area contributed by atoms with Crippen LogP contribution in [0.15, 0.2) is 18.2 Å². The predicted octanol–water partition coefficient (Wildman–Crippen LogP) is 4.53. The third-order valence-corrected chi connectivity index (χ3v) is 3.34. The van der Waals surface area contributed by atoms with Gasteiger partial charge in [0.05, 0.1) is 6.07 Å². The van der Waals surface area contributed by atoms with E-state index in [0.717, 1.165) is 18.9 Å². The third-order valence-electron chi connectivity index (χ3n) is 3.12. The standard InChI is InChI=1S/C15H18ClFN2O/c1-3-5-15(10-18,6-4-2)14(20)19-13-8-11(16)7-12(17)9-13/h7-9H,3-6H2,1-2H3,(H,19,20). The molecule has 0 aliphatic rings. The molecule has 1 N–H and O–H groups in total. The molecule has 0 radical (unpaired) electrons. The van der Waals surface area contributed by atoms with Gasteiger partial charge in [0.15, 0.2) is 0 Å². The van der Waals surface area contributed by atoms with Gasteiger partial charge >= 0.3 is 0 Å². The molecule has 108 valence electrons. The summed E-state index contributed by atoms with van der Waals surface area (Å²) in [6.07, 6.45) is 2.41. The van der Waals surface area contributed by atoms with E-state index in [1.165, 1.54) is 12.1 Å². The number of benzene rings is 1. The van der Waals surface area contributed by atoms with E-state index in [0.29, 0.717) is 12.8 Å². The van der Waals surface area contributed by atoms with Crippen LogP contribution in [-0.2, 0) is 4.79 Å². The summed E-state index contributed by atoms with van der Waals surface area (Å²) in [5, 5.41) is 12.2. The number of carbonyl (C=O) groups is 1. The fourth-order valence-electron chi connectivity index (χ4n) is 2.24. The van der Waals surface area contributed by atoms with Crippen LogP contribution in [0.5, 0.6) is 0 Å².